The standard InChI is InChI=1S/C17H18BrN3O4S/c1-19-5-6-25-26(23,24)21-10-13-8-16(20-9-14(13)11-21)17(22)12-3-2-4-15(18)7-12/h2-9,17,19,22H,10-11H2,1H3/b6-5-. The molecule has 0 amide bonds. The molecule has 2 heterocycles. The van der Waals surface area contributed by atoms with E-state index in [-0.39, 0.29) is 13.1 Å². The van der Waals surface area contributed by atoms with E-state index in [1.54, 1.807) is 19.3 Å². The number of aromatic nitrogens is 1. The van der Waals surface area contributed by atoms with Crippen LogP contribution in [0, 0.1) is 0 Å². The number of pyridine rings is 1. The van der Waals surface area contributed by atoms with Crippen LogP contribution >= 0.6 is 15.9 Å². The number of nitrogens with one attached hydrogen (secondary N) is 1. The lowest BCUT2D eigenvalue weighted by Gasteiger charge is -2.13. The van der Waals surface area contributed by atoms with Crippen LogP contribution in [-0.2, 0) is 27.6 Å². The molecule has 0 saturated heterocycles. The highest BCUT2D eigenvalue weighted by atomic mass is 79.9. The van der Waals surface area contributed by atoms with Gasteiger partial charge < -0.3 is 14.6 Å². The Hall–Kier alpha value is -1.94. The highest BCUT2D eigenvalue weighted by Crippen LogP contribution is 2.29. The van der Waals surface area contributed by atoms with E-state index in [2.05, 4.69) is 26.2 Å². The molecule has 0 saturated carbocycles. The molecule has 0 radical (unpaired) electrons. The van der Waals surface area contributed by atoms with E-state index < -0.39 is 16.4 Å². The zero-order valence-corrected chi connectivity index (χ0v) is 16.4. The van der Waals surface area contributed by atoms with Crippen molar-refractivity contribution in [2.45, 2.75) is 19.2 Å². The fourth-order valence-electron chi connectivity index (χ4n) is 2.65. The lowest BCUT2D eigenvalue weighted by atomic mass is 10.0. The molecule has 0 bridgehead atoms. The fourth-order valence-corrected chi connectivity index (χ4v) is 3.98. The van der Waals surface area contributed by atoms with Gasteiger partial charge in [-0.25, -0.2) is 0 Å². The van der Waals surface area contributed by atoms with Gasteiger partial charge in [0.1, 0.15) is 12.4 Å². The first-order chi connectivity index (χ1) is 12.4. The van der Waals surface area contributed by atoms with Crippen molar-refractivity contribution < 1.29 is 17.7 Å². The first-order valence-corrected chi connectivity index (χ1v) is 9.98. The average Bonchev–Trinajstić information content (AvgIpc) is 3.05. The number of hydrogen-bond acceptors (Lipinski definition) is 6. The summed E-state index contributed by atoms with van der Waals surface area (Å²) in [5.41, 5.74) is 2.76. The predicted octanol–water partition coefficient (Wildman–Crippen LogP) is 2.19. The Bertz CT molecular complexity index is 933. The molecule has 0 aliphatic carbocycles. The summed E-state index contributed by atoms with van der Waals surface area (Å²) in [5, 5.41) is 13.2. The summed E-state index contributed by atoms with van der Waals surface area (Å²) in [5.74, 6) is 0. The molecule has 0 fully saturated rings. The summed E-state index contributed by atoms with van der Waals surface area (Å²) in [6, 6.07) is 9.07. The molecule has 26 heavy (non-hydrogen) atoms. The number of fused-ring (bicyclic) bond motifs is 1. The molecule has 138 valence electrons. The van der Waals surface area contributed by atoms with Crippen molar-refractivity contribution in [1.29, 1.82) is 0 Å². The van der Waals surface area contributed by atoms with Gasteiger partial charge in [0.2, 0.25) is 0 Å². The van der Waals surface area contributed by atoms with Crippen molar-refractivity contribution in [3.63, 3.8) is 0 Å². The second-order valence-electron chi connectivity index (χ2n) is 5.75. The summed E-state index contributed by atoms with van der Waals surface area (Å²) in [4.78, 5) is 4.30. The van der Waals surface area contributed by atoms with Gasteiger partial charge in [-0.15, -0.1) is 0 Å². The van der Waals surface area contributed by atoms with Crippen molar-refractivity contribution in [2.75, 3.05) is 7.05 Å². The number of nitrogens with zero attached hydrogens (tertiary/aromatic N) is 2. The van der Waals surface area contributed by atoms with Crippen molar-refractivity contribution >= 4 is 26.2 Å². The van der Waals surface area contributed by atoms with Gasteiger partial charge in [-0.2, -0.15) is 12.7 Å². The van der Waals surface area contributed by atoms with E-state index >= 15 is 0 Å². The van der Waals surface area contributed by atoms with Crippen molar-refractivity contribution in [3.05, 3.63) is 75.8 Å². The minimum absolute atomic E-state index is 0.172. The number of halogens is 1. The lowest BCUT2D eigenvalue weighted by molar-refractivity contribution is 0.215. The Labute approximate surface area is 160 Å². The quantitative estimate of drug-likeness (QED) is 0.670. The summed E-state index contributed by atoms with van der Waals surface area (Å²) in [6.07, 6.45) is 3.18. The smallest absolute Gasteiger partial charge is 0.385 e. The van der Waals surface area contributed by atoms with Crippen LogP contribution in [0.4, 0.5) is 0 Å². The summed E-state index contributed by atoms with van der Waals surface area (Å²) in [6.45, 7) is 0.358. The van der Waals surface area contributed by atoms with Crippen LogP contribution in [0.3, 0.4) is 0 Å². The summed E-state index contributed by atoms with van der Waals surface area (Å²) in [7, 11) is -2.24. The van der Waals surface area contributed by atoms with Gasteiger partial charge in [0.25, 0.3) is 0 Å². The van der Waals surface area contributed by atoms with Gasteiger partial charge in [0, 0.05) is 37.0 Å². The topological polar surface area (TPSA) is 91.8 Å². The molecule has 1 aliphatic heterocycles. The zero-order valence-electron chi connectivity index (χ0n) is 14.0. The molecule has 0 spiro atoms. The molecule has 1 atom stereocenters. The maximum absolute atomic E-state index is 12.2. The molecule has 2 aromatic rings. The first-order valence-electron chi connectivity index (χ1n) is 7.82. The lowest BCUT2D eigenvalue weighted by Crippen LogP contribution is -2.26. The second kappa shape index (κ2) is 7.75. The normalized spacial score (nSPS) is 15.8. The molecule has 1 unspecified atom stereocenters. The molecule has 1 aromatic carbocycles. The minimum atomic E-state index is -3.88. The number of hydrogen-bond donors (Lipinski definition) is 2. The molecule has 1 aliphatic rings. The van der Waals surface area contributed by atoms with Crippen LogP contribution in [0.2, 0.25) is 0 Å². The summed E-state index contributed by atoms with van der Waals surface area (Å²) >= 11 is 3.38. The van der Waals surface area contributed by atoms with Crippen LogP contribution in [-0.4, -0.2) is 29.9 Å². The van der Waals surface area contributed by atoms with Crippen LogP contribution in [0.1, 0.15) is 28.5 Å². The van der Waals surface area contributed by atoms with E-state index in [1.165, 1.54) is 10.5 Å². The average molecular weight is 440 g/mol. The third-order valence-corrected chi connectivity index (χ3v) is 5.71. The minimum Gasteiger partial charge on any atom is -0.391 e. The third-order valence-electron chi connectivity index (χ3n) is 3.97. The van der Waals surface area contributed by atoms with Gasteiger partial charge >= 0.3 is 10.3 Å². The number of aliphatic hydroxyl groups is 1. The Morgan fingerprint density at radius 2 is 2.12 bits per heavy atom. The molecular weight excluding hydrogens is 422 g/mol. The zero-order chi connectivity index (χ0) is 18.7. The predicted molar refractivity (Wildman–Crippen MR) is 99.9 cm³/mol. The fraction of sp³-hybridized carbons (Fsp3) is 0.235. The van der Waals surface area contributed by atoms with Crippen LogP contribution in [0.25, 0.3) is 0 Å². The van der Waals surface area contributed by atoms with Gasteiger partial charge in [0.05, 0.1) is 5.69 Å². The van der Waals surface area contributed by atoms with Gasteiger partial charge in [-0.05, 0) is 34.9 Å². The van der Waals surface area contributed by atoms with Gasteiger partial charge in [-0.3, -0.25) is 4.98 Å². The molecule has 7 nitrogen and oxygen atoms in total. The Balaban J connectivity index is 1.79. The second-order valence-corrected chi connectivity index (χ2v) is 8.23. The monoisotopic (exact) mass is 439 g/mol. The largest absolute Gasteiger partial charge is 0.391 e. The Morgan fingerprint density at radius 3 is 2.85 bits per heavy atom. The number of rotatable bonds is 6. The van der Waals surface area contributed by atoms with Crippen LogP contribution in [0.15, 0.2) is 53.5 Å². The van der Waals surface area contributed by atoms with Crippen LogP contribution < -0.4 is 5.32 Å². The molecule has 1 aromatic heterocycles. The maximum atomic E-state index is 12.2. The first kappa shape index (κ1) is 18.8. The highest BCUT2D eigenvalue weighted by Gasteiger charge is 2.31. The van der Waals surface area contributed by atoms with E-state index in [9.17, 15) is 13.5 Å². The van der Waals surface area contributed by atoms with Gasteiger partial charge in [0.15, 0.2) is 0 Å². The molecule has 2 N–H and O–H groups in total. The molecule has 3 rings (SSSR count). The van der Waals surface area contributed by atoms with Crippen molar-refractivity contribution in [2.24, 2.45) is 0 Å². The summed E-state index contributed by atoms with van der Waals surface area (Å²) < 4.78 is 31.3. The van der Waals surface area contributed by atoms with E-state index in [4.69, 9.17) is 4.18 Å². The van der Waals surface area contributed by atoms with Crippen molar-refractivity contribution in [3.8, 4) is 0 Å². The highest BCUT2D eigenvalue weighted by molar-refractivity contribution is 9.10. The number of aliphatic hydroxyl groups excluding tert-OH is 1. The van der Waals surface area contributed by atoms with Gasteiger partial charge in [-0.1, -0.05) is 28.1 Å². The van der Waals surface area contributed by atoms with E-state index in [1.807, 2.05) is 24.3 Å². The maximum Gasteiger partial charge on any atom is 0.385 e. The Morgan fingerprint density at radius 1 is 1.35 bits per heavy atom. The van der Waals surface area contributed by atoms with E-state index in [0.717, 1.165) is 21.9 Å². The molecule has 9 heteroatoms. The van der Waals surface area contributed by atoms with Crippen LogP contribution in [0.5, 0.6) is 0 Å². The SMILES string of the molecule is CN/C=C\OS(=O)(=O)N1Cc2cnc(C(O)c3cccc(Br)c3)cc2C1. The van der Waals surface area contributed by atoms with E-state index in [0.29, 0.717) is 11.3 Å². The Kier molecular flexibility index (Phi) is 5.61. The molecular formula is C17H18BrN3O4S. The number of benzene rings is 1. The third kappa shape index (κ3) is 4.07. The van der Waals surface area contributed by atoms with Crippen molar-refractivity contribution in [1.82, 2.24) is 14.6 Å².